The maximum atomic E-state index is 13.0. The average molecular weight is 478 g/mol. The Morgan fingerprint density at radius 1 is 1.29 bits per heavy atom. The normalized spacial score (nSPS) is 15.8. The van der Waals surface area contributed by atoms with Crippen LogP contribution in [0.3, 0.4) is 0 Å². The largest absolute Gasteiger partial charge is 0.488 e. The van der Waals surface area contributed by atoms with Crippen molar-refractivity contribution in [1.82, 2.24) is 20.3 Å². The number of carbonyl (C=O) groups is 1. The van der Waals surface area contributed by atoms with E-state index in [1.54, 1.807) is 30.8 Å². The summed E-state index contributed by atoms with van der Waals surface area (Å²) < 4.78 is 12.7. The fraction of sp³-hybridized carbons (Fsp3) is 0.320. The van der Waals surface area contributed by atoms with E-state index in [9.17, 15) is 4.79 Å². The number of amides is 1. The number of thiazole rings is 1. The molecule has 8 nitrogen and oxygen atoms in total. The van der Waals surface area contributed by atoms with Gasteiger partial charge in [0.25, 0.3) is 5.91 Å². The highest BCUT2D eigenvalue weighted by molar-refractivity contribution is 7.16. The molecule has 176 valence electrons. The van der Waals surface area contributed by atoms with E-state index >= 15 is 0 Å². The molecule has 1 aliphatic rings. The van der Waals surface area contributed by atoms with Gasteiger partial charge in [0.05, 0.1) is 44.6 Å². The number of nitrogens with zero attached hydrogens (tertiary/aromatic N) is 2. The molecule has 34 heavy (non-hydrogen) atoms. The molecule has 0 unspecified atom stereocenters. The molecule has 5 rings (SSSR count). The van der Waals surface area contributed by atoms with Crippen LogP contribution in [0, 0.1) is 0 Å². The monoisotopic (exact) mass is 477 g/mol. The number of aromatic nitrogens is 3. The molecule has 3 N–H and O–H groups in total. The number of pyridine rings is 1. The Bertz CT molecular complexity index is 1360. The lowest BCUT2D eigenvalue weighted by Crippen LogP contribution is -2.33. The Morgan fingerprint density at radius 2 is 2.15 bits per heavy atom. The van der Waals surface area contributed by atoms with Gasteiger partial charge in [0.1, 0.15) is 17.9 Å². The summed E-state index contributed by atoms with van der Waals surface area (Å²) in [6.07, 6.45) is 3.41. The third-order valence-electron chi connectivity index (χ3n) is 6.12. The van der Waals surface area contributed by atoms with Crippen LogP contribution in [0.4, 0.5) is 11.4 Å². The number of para-hydroxylation sites is 1. The third-order valence-corrected chi connectivity index (χ3v) is 6.91. The summed E-state index contributed by atoms with van der Waals surface area (Å²) in [6, 6.07) is 7.88. The van der Waals surface area contributed by atoms with Gasteiger partial charge in [0, 0.05) is 37.0 Å². The molecule has 1 aliphatic heterocycles. The first-order chi connectivity index (χ1) is 16.4. The van der Waals surface area contributed by atoms with Crippen molar-refractivity contribution in [3.05, 3.63) is 53.4 Å². The van der Waals surface area contributed by atoms with E-state index in [1.807, 2.05) is 43.6 Å². The Hall–Kier alpha value is -3.43. The molecule has 1 atom stereocenters. The van der Waals surface area contributed by atoms with Crippen molar-refractivity contribution < 1.29 is 14.3 Å². The molecule has 0 fully saturated rings. The zero-order valence-electron chi connectivity index (χ0n) is 19.6. The lowest BCUT2D eigenvalue weighted by atomic mass is 9.98. The number of carbonyl (C=O) groups excluding carboxylic acids is 1. The van der Waals surface area contributed by atoms with E-state index in [0.29, 0.717) is 30.2 Å². The number of hydrogen-bond donors (Lipinski definition) is 3. The second kappa shape index (κ2) is 8.73. The van der Waals surface area contributed by atoms with Gasteiger partial charge >= 0.3 is 0 Å². The fourth-order valence-corrected chi connectivity index (χ4v) is 4.73. The van der Waals surface area contributed by atoms with Gasteiger partial charge in [-0.25, -0.2) is 4.98 Å². The first kappa shape index (κ1) is 22.4. The average Bonchev–Trinajstić information content (AvgIpc) is 3.47. The number of aromatic amines is 1. The van der Waals surface area contributed by atoms with E-state index in [1.165, 1.54) is 0 Å². The fourth-order valence-electron chi connectivity index (χ4n) is 4.02. The van der Waals surface area contributed by atoms with Crippen molar-refractivity contribution in [2.75, 3.05) is 25.6 Å². The van der Waals surface area contributed by atoms with Crippen LogP contribution in [0.15, 0.2) is 42.2 Å². The summed E-state index contributed by atoms with van der Waals surface area (Å²) in [6.45, 7) is 6.94. The first-order valence-electron chi connectivity index (χ1n) is 11.1. The molecule has 3 aromatic heterocycles. The van der Waals surface area contributed by atoms with Crippen LogP contribution in [0.25, 0.3) is 21.5 Å². The first-order valence-corrected chi connectivity index (χ1v) is 12.0. The molecule has 0 radical (unpaired) electrons. The van der Waals surface area contributed by atoms with Crippen LogP contribution in [0.5, 0.6) is 5.75 Å². The van der Waals surface area contributed by atoms with E-state index < -0.39 is 5.60 Å². The Kier molecular flexibility index (Phi) is 5.75. The smallest absolute Gasteiger partial charge is 0.255 e. The molecule has 1 amide bonds. The van der Waals surface area contributed by atoms with Gasteiger partial charge in [-0.1, -0.05) is 13.0 Å². The number of benzene rings is 1. The molecule has 0 saturated heterocycles. The van der Waals surface area contributed by atoms with Gasteiger partial charge in [-0.05, 0) is 32.0 Å². The van der Waals surface area contributed by atoms with Crippen molar-refractivity contribution in [3.8, 4) is 17.0 Å². The predicted molar refractivity (Wildman–Crippen MR) is 134 cm³/mol. The number of ether oxygens (including phenoxy) is 2. The number of anilines is 2. The van der Waals surface area contributed by atoms with Crippen molar-refractivity contribution in [1.29, 1.82) is 0 Å². The highest BCUT2D eigenvalue weighted by Crippen LogP contribution is 2.43. The van der Waals surface area contributed by atoms with Gasteiger partial charge in [-0.15, -0.1) is 11.3 Å². The summed E-state index contributed by atoms with van der Waals surface area (Å²) in [5, 5.41) is 6.53. The van der Waals surface area contributed by atoms with Crippen LogP contribution in [0.2, 0.25) is 0 Å². The highest BCUT2D eigenvalue weighted by Gasteiger charge is 2.32. The van der Waals surface area contributed by atoms with Crippen molar-refractivity contribution in [3.63, 3.8) is 0 Å². The second-order valence-corrected chi connectivity index (χ2v) is 9.92. The lowest BCUT2D eigenvalue weighted by molar-refractivity contribution is -0.0146. The highest BCUT2D eigenvalue weighted by atomic mass is 32.1. The third kappa shape index (κ3) is 4.01. The lowest BCUT2D eigenvalue weighted by Gasteiger charge is -2.23. The zero-order chi connectivity index (χ0) is 23.9. The maximum absolute atomic E-state index is 13.0. The van der Waals surface area contributed by atoms with Crippen molar-refractivity contribution in [2.45, 2.75) is 32.3 Å². The van der Waals surface area contributed by atoms with Crippen LogP contribution in [0.1, 0.15) is 42.7 Å². The number of methoxy groups -OCH3 is 1. The van der Waals surface area contributed by atoms with Gasteiger partial charge < -0.3 is 25.1 Å². The van der Waals surface area contributed by atoms with Crippen LogP contribution < -0.4 is 15.4 Å². The van der Waals surface area contributed by atoms with Gasteiger partial charge in [-0.3, -0.25) is 9.78 Å². The minimum Gasteiger partial charge on any atom is -0.488 e. The number of rotatable bonds is 7. The summed E-state index contributed by atoms with van der Waals surface area (Å²) in [5.41, 5.74) is 6.85. The topological polar surface area (TPSA) is 101 Å². The zero-order valence-corrected chi connectivity index (χ0v) is 20.4. The molecule has 0 spiro atoms. The molecule has 0 bridgehead atoms. The van der Waals surface area contributed by atoms with Crippen LogP contribution in [-0.2, 0) is 4.74 Å². The predicted octanol–water partition coefficient (Wildman–Crippen LogP) is 5.08. The quantitative estimate of drug-likeness (QED) is 0.343. The van der Waals surface area contributed by atoms with Gasteiger partial charge in [0.15, 0.2) is 0 Å². The molecule has 1 aromatic carbocycles. The maximum Gasteiger partial charge on any atom is 0.255 e. The Labute approximate surface area is 201 Å². The summed E-state index contributed by atoms with van der Waals surface area (Å²) >= 11 is 1.58. The summed E-state index contributed by atoms with van der Waals surface area (Å²) in [5.74, 6) is 0.630. The minimum absolute atomic E-state index is 0.111. The molecule has 9 heteroatoms. The molecule has 4 heterocycles. The minimum atomic E-state index is -0.460. The van der Waals surface area contributed by atoms with Crippen molar-refractivity contribution in [2.24, 2.45) is 0 Å². The molecule has 0 aliphatic carbocycles. The SMILES string of the molecule is COC(C)(C)COc1cnccc1-c1[nH]c2c(c1Nc1cccc3scnc13)C(=O)NC[C@H]2C. The molecule has 0 saturated carbocycles. The number of hydrogen-bond acceptors (Lipinski definition) is 7. The Morgan fingerprint density at radius 3 is 2.97 bits per heavy atom. The number of fused-ring (bicyclic) bond motifs is 2. The van der Waals surface area contributed by atoms with Gasteiger partial charge in [-0.2, -0.15) is 0 Å². The number of H-pyrrole nitrogens is 1. The van der Waals surface area contributed by atoms with E-state index in [-0.39, 0.29) is 11.8 Å². The van der Waals surface area contributed by atoms with E-state index in [2.05, 4.69) is 32.5 Å². The molecular weight excluding hydrogens is 450 g/mol. The van der Waals surface area contributed by atoms with Crippen LogP contribution in [-0.4, -0.2) is 46.7 Å². The second-order valence-electron chi connectivity index (χ2n) is 9.03. The summed E-state index contributed by atoms with van der Waals surface area (Å²) in [7, 11) is 1.66. The summed E-state index contributed by atoms with van der Waals surface area (Å²) in [4.78, 5) is 25.4. The van der Waals surface area contributed by atoms with Gasteiger partial charge in [0.2, 0.25) is 0 Å². The number of nitrogens with one attached hydrogen (secondary N) is 3. The van der Waals surface area contributed by atoms with E-state index in [4.69, 9.17) is 9.47 Å². The molecular formula is C25H27N5O3S. The van der Waals surface area contributed by atoms with E-state index in [0.717, 1.165) is 32.9 Å². The van der Waals surface area contributed by atoms with Crippen molar-refractivity contribution >= 4 is 38.8 Å². The molecule has 4 aromatic rings. The Balaban J connectivity index is 1.65. The van der Waals surface area contributed by atoms with Crippen LogP contribution >= 0.6 is 11.3 Å². The standard InChI is InChI=1S/C25H27N5O3S/c1-14-10-27-24(31)19-20(14)30-21(15-8-9-26-11-17(15)33-12-25(2,3)32-4)23(19)29-16-6-5-7-18-22(16)28-13-34-18/h5-9,11,13-14,29-30H,10,12H2,1-4H3,(H,27,31)/t14-/m1/s1.